The normalized spacial score (nSPS) is 10.2. The van der Waals surface area contributed by atoms with Gasteiger partial charge < -0.3 is 30.9 Å². The van der Waals surface area contributed by atoms with Crippen LogP contribution in [0.25, 0.3) is 0 Å². The van der Waals surface area contributed by atoms with E-state index in [0.717, 1.165) is 45.5 Å². The SMILES string of the molecule is Brc1cccc(NCc2ncc[nH]2)c1.Fc1ccc(NCc2ncc[nH]2)cc1Cl.Fc1ccc(NCc2ncc[nH]2)cc1F. The molecule has 0 bridgehead atoms. The van der Waals surface area contributed by atoms with E-state index in [2.05, 4.69) is 61.8 Å². The van der Waals surface area contributed by atoms with Gasteiger partial charge in [-0.1, -0.05) is 33.6 Å². The second kappa shape index (κ2) is 16.8. The van der Waals surface area contributed by atoms with Gasteiger partial charge in [-0.25, -0.2) is 28.1 Å². The third-order valence-corrected chi connectivity index (χ3v) is 6.49. The molecule has 0 fully saturated rings. The van der Waals surface area contributed by atoms with Crippen molar-refractivity contribution in [3.05, 3.63) is 142 Å². The number of rotatable bonds is 9. The Hall–Kier alpha value is -4.75. The maximum Gasteiger partial charge on any atom is 0.160 e. The van der Waals surface area contributed by atoms with E-state index in [1.54, 1.807) is 43.1 Å². The van der Waals surface area contributed by atoms with Gasteiger partial charge in [0.1, 0.15) is 23.3 Å². The van der Waals surface area contributed by atoms with Crippen LogP contribution in [-0.4, -0.2) is 29.9 Å². The van der Waals surface area contributed by atoms with Crippen molar-refractivity contribution in [2.45, 2.75) is 19.6 Å². The van der Waals surface area contributed by atoms with Gasteiger partial charge >= 0.3 is 0 Å². The molecule has 0 aliphatic carbocycles. The lowest BCUT2D eigenvalue weighted by Gasteiger charge is -2.04. The van der Waals surface area contributed by atoms with Crippen molar-refractivity contribution in [1.29, 1.82) is 0 Å². The van der Waals surface area contributed by atoms with Crippen LogP contribution in [0.4, 0.5) is 30.2 Å². The molecule has 0 radical (unpaired) electrons. The fourth-order valence-corrected chi connectivity index (χ4v) is 4.13. The third kappa shape index (κ3) is 10.8. The van der Waals surface area contributed by atoms with Gasteiger partial charge in [0.05, 0.1) is 24.7 Å². The molecule has 0 aliphatic rings. The predicted molar refractivity (Wildman–Crippen MR) is 170 cm³/mol. The molecule has 0 spiro atoms. The molecule has 6 rings (SSSR count). The molecule has 6 aromatic rings. The monoisotopic (exact) mass is 685 g/mol. The summed E-state index contributed by atoms with van der Waals surface area (Å²) < 4.78 is 39.3. The molecule has 0 saturated heterocycles. The van der Waals surface area contributed by atoms with Crippen LogP contribution in [0.5, 0.6) is 0 Å². The van der Waals surface area contributed by atoms with Gasteiger partial charge in [-0.05, 0) is 48.5 Å². The van der Waals surface area contributed by atoms with Crippen molar-refractivity contribution in [1.82, 2.24) is 29.9 Å². The number of hydrogen-bond donors (Lipinski definition) is 6. The van der Waals surface area contributed by atoms with Gasteiger partial charge in [-0.2, -0.15) is 0 Å². The summed E-state index contributed by atoms with van der Waals surface area (Å²) in [6.07, 6.45) is 10.3. The zero-order valence-corrected chi connectivity index (χ0v) is 25.4. The van der Waals surface area contributed by atoms with E-state index in [4.69, 9.17) is 11.6 Å². The van der Waals surface area contributed by atoms with Gasteiger partial charge in [0.2, 0.25) is 0 Å². The molecule has 0 unspecified atom stereocenters. The van der Waals surface area contributed by atoms with E-state index in [9.17, 15) is 13.2 Å². The summed E-state index contributed by atoms with van der Waals surface area (Å²) in [4.78, 5) is 21.0. The number of nitrogens with one attached hydrogen (secondary N) is 6. The molecule has 0 atom stereocenters. The quantitative estimate of drug-likeness (QED) is 0.0920. The number of imidazole rings is 3. The summed E-state index contributed by atoms with van der Waals surface area (Å²) in [5.41, 5.74) is 2.36. The molecule has 3 heterocycles. The summed E-state index contributed by atoms with van der Waals surface area (Å²) in [6.45, 7) is 1.70. The Morgan fingerprint density at radius 2 is 1.07 bits per heavy atom. The number of aromatic nitrogens is 6. The maximum absolute atomic E-state index is 12.8. The van der Waals surface area contributed by atoms with Crippen LogP contribution < -0.4 is 16.0 Å². The first kappa shape index (κ1) is 32.2. The Balaban J connectivity index is 0.000000151. The Morgan fingerprint density at radius 3 is 1.50 bits per heavy atom. The average molecular weight is 687 g/mol. The van der Waals surface area contributed by atoms with E-state index in [0.29, 0.717) is 25.3 Å². The van der Waals surface area contributed by atoms with E-state index >= 15 is 0 Å². The first-order valence-electron chi connectivity index (χ1n) is 13.2. The Morgan fingerprint density at radius 1 is 0.591 bits per heavy atom. The molecule has 228 valence electrons. The third-order valence-electron chi connectivity index (χ3n) is 5.71. The first-order chi connectivity index (χ1) is 21.4. The van der Waals surface area contributed by atoms with E-state index in [-0.39, 0.29) is 5.02 Å². The topological polar surface area (TPSA) is 122 Å². The van der Waals surface area contributed by atoms with E-state index in [1.807, 2.05) is 30.5 Å². The molecule has 6 N–H and O–H groups in total. The summed E-state index contributed by atoms with van der Waals surface area (Å²) in [5, 5.41) is 9.36. The van der Waals surface area contributed by atoms with Crippen molar-refractivity contribution in [2.75, 3.05) is 16.0 Å². The van der Waals surface area contributed by atoms with Crippen molar-refractivity contribution >= 4 is 44.6 Å². The van der Waals surface area contributed by atoms with Crippen molar-refractivity contribution in [2.24, 2.45) is 0 Å². The summed E-state index contributed by atoms with van der Waals surface area (Å²) in [5.74, 6) is 0.360. The van der Waals surface area contributed by atoms with Crippen LogP contribution in [0.15, 0.2) is 102 Å². The highest BCUT2D eigenvalue weighted by Gasteiger charge is 2.03. The lowest BCUT2D eigenvalue weighted by atomic mass is 10.3. The van der Waals surface area contributed by atoms with Gasteiger partial charge in [0.15, 0.2) is 11.6 Å². The maximum atomic E-state index is 12.8. The Labute approximate surface area is 264 Å². The van der Waals surface area contributed by atoms with E-state index < -0.39 is 17.5 Å². The molecular formula is C30H28BrClF3N9. The molecule has 44 heavy (non-hydrogen) atoms. The van der Waals surface area contributed by atoms with Crippen LogP contribution in [0.1, 0.15) is 17.5 Å². The Kier molecular flexibility index (Phi) is 12.3. The number of aromatic amines is 3. The Bertz CT molecular complexity index is 1600. The largest absolute Gasteiger partial charge is 0.378 e. The number of hydrogen-bond acceptors (Lipinski definition) is 6. The number of H-pyrrole nitrogens is 3. The standard InChI is InChI=1S/C10H10BrN3.C10H9ClFN3.C10H9F2N3/c11-8-2-1-3-9(6-8)14-7-10-12-4-5-13-10;11-8-5-7(1-2-9(8)12)15-6-10-13-3-4-14-10;11-8-2-1-7(5-9(8)12)15-6-10-13-3-4-14-10/h1-6,14H,7H2,(H,12,13);2*1-5,15H,6H2,(H,13,14). The zero-order chi connectivity index (χ0) is 31.1. The van der Waals surface area contributed by atoms with Crippen LogP contribution in [0.3, 0.4) is 0 Å². The summed E-state index contributed by atoms with van der Waals surface area (Å²) >= 11 is 9.05. The lowest BCUT2D eigenvalue weighted by Crippen LogP contribution is -2.01. The molecule has 0 saturated carbocycles. The fourth-order valence-electron chi connectivity index (χ4n) is 3.55. The van der Waals surface area contributed by atoms with Crippen LogP contribution in [0, 0.1) is 17.5 Å². The minimum absolute atomic E-state index is 0.111. The molecule has 14 heteroatoms. The van der Waals surface area contributed by atoms with Crippen molar-refractivity contribution in [3.63, 3.8) is 0 Å². The summed E-state index contributed by atoms with van der Waals surface area (Å²) in [7, 11) is 0. The molecule has 3 aromatic carbocycles. The molecule has 0 amide bonds. The van der Waals surface area contributed by atoms with Gasteiger partial charge in [0.25, 0.3) is 0 Å². The zero-order valence-electron chi connectivity index (χ0n) is 23.1. The minimum atomic E-state index is -0.862. The second-order valence-electron chi connectivity index (χ2n) is 8.94. The highest BCUT2D eigenvalue weighted by Crippen LogP contribution is 2.19. The number of nitrogens with zero attached hydrogens (tertiary/aromatic N) is 3. The summed E-state index contributed by atoms with van der Waals surface area (Å²) in [6, 6.07) is 16.2. The average Bonchev–Trinajstić information content (AvgIpc) is 3.83. The second-order valence-corrected chi connectivity index (χ2v) is 10.3. The van der Waals surface area contributed by atoms with Crippen LogP contribution in [0.2, 0.25) is 5.02 Å². The fraction of sp³-hybridized carbons (Fsp3) is 0.100. The number of anilines is 3. The first-order valence-corrected chi connectivity index (χ1v) is 14.3. The predicted octanol–water partition coefficient (Wildman–Crippen LogP) is 7.90. The molecule has 9 nitrogen and oxygen atoms in total. The highest BCUT2D eigenvalue weighted by atomic mass is 79.9. The number of halogens is 5. The van der Waals surface area contributed by atoms with Crippen LogP contribution in [-0.2, 0) is 19.6 Å². The molecule has 0 aliphatic heterocycles. The minimum Gasteiger partial charge on any atom is -0.378 e. The smallest absolute Gasteiger partial charge is 0.160 e. The molecule has 3 aromatic heterocycles. The van der Waals surface area contributed by atoms with Crippen molar-refractivity contribution in [3.8, 4) is 0 Å². The highest BCUT2D eigenvalue weighted by molar-refractivity contribution is 9.10. The lowest BCUT2D eigenvalue weighted by molar-refractivity contribution is 0.509. The van der Waals surface area contributed by atoms with Gasteiger partial charge in [0, 0.05) is 64.8 Å². The van der Waals surface area contributed by atoms with Gasteiger partial charge in [-0.15, -0.1) is 0 Å². The van der Waals surface area contributed by atoms with Crippen LogP contribution >= 0.6 is 27.5 Å². The number of benzene rings is 3. The van der Waals surface area contributed by atoms with Crippen molar-refractivity contribution < 1.29 is 13.2 Å². The molecular weight excluding hydrogens is 659 g/mol. The van der Waals surface area contributed by atoms with E-state index in [1.165, 1.54) is 12.1 Å². The van der Waals surface area contributed by atoms with Gasteiger partial charge in [-0.3, -0.25) is 0 Å².